The molecule has 0 aliphatic heterocycles. The second-order valence-corrected chi connectivity index (χ2v) is 1.78. The number of nitrogens with zero attached hydrogens (tertiary/aromatic N) is 1. The third-order valence-corrected chi connectivity index (χ3v) is 1.06. The van der Waals surface area contributed by atoms with E-state index in [2.05, 4.69) is 4.98 Å². The number of hydrogen-bond acceptors (Lipinski definition) is 3. The van der Waals surface area contributed by atoms with Crippen LogP contribution < -0.4 is 4.74 Å². The lowest BCUT2D eigenvalue weighted by Crippen LogP contribution is -1.91. The van der Waals surface area contributed by atoms with E-state index in [0.29, 0.717) is 12.4 Å². The molecular formula is C7H9NO2. The van der Waals surface area contributed by atoms with E-state index in [1.54, 1.807) is 12.3 Å². The highest BCUT2D eigenvalue weighted by Gasteiger charge is 1.97. The fourth-order valence-corrected chi connectivity index (χ4v) is 0.651. The van der Waals surface area contributed by atoms with Gasteiger partial charge in [0.05, 0.1) is 12.8 Å². The zero-order valence-corrected chi connectivity index (χ0v) is 5.74. The average Bonchev–Trinajstić information content (AvgIpc) is 1.94. The van der Waals surface area contributed by atoms with Gasteiger partial charge in [0.1, 0.15) is 0 Å². The predicted octanol–water partition coefficient (Wildman–Crippen LogP) is 1.19. The van der Waals surface area contributed by atoms with E-state index in [1.165, 1.54) is 6.20 Å². The second kappa shape index (κ2) is 3.06. The van der Waals surface area contributed by atoms with Crippen LogP contribution in [0.15, 0.2) is 18.5 Å². The van der Waals surface area contributed by atoms with Crippen LogP contribution in [-0.2, 0) is 0 Å². The summed E-state index contributed by atoms with van der Waals surface area (Å²) in [6.07, 6.45) is 2.93. The van der Waals surface area contributed by atoms with Gasteiger partial charge in [-0.25, -0.2) is 0 Å². The van der Waals surface area contributed by atoms with E-state index >= 15 is 0 Å². The van der Waals surface area contributed by atoms with Gasteiger partial charge in [-0.15, -0.1) is 0 Å². The lowest BCUT2D eigenvalue weighted by Gasteiger charge is -2.02. The van der Waals surface area contributed by atoms with Gasteiger partial charge >= 0.3 is 0 Å². The zero-order chi connectivity index (χ0) is 7.40. The molecule has 0 atom stereocenters. The Kier molecular flexibility index (Phi) is 2.10. The minimum atomic E-state index is 0.0874. The molecule has 1 aromatic heterocycles. The van der Waals surface area contributed by atoms with Gasteiger partial charge in [0, 0.05) is 12.3 Å². The number of hydrogen-bond donors (Lipinski definition) is 1. The van der Waals surface area contributed by atoms with Gasteiger partial charge in [-0.3, -0.25) is 4.98 Å². The molecule has 0 bridgehead atoms. The van der Waals surface area contributed by atoms with Gasteiger partial charge in [-0.1, -0.05) is 0 Å². The maximum atomic E-state index is 9.05. The minimum Gasteiger partial charge on any atom is -0.503 e. The van der Waals surface area contributed by atoms with Crippen LogP contribution >= 0.6 is 0 Å². The molecule has 1 heterocycles. The molecule has 1 N–H and O–H groups in total. The molecule has 0 radical (unpaired) electrons. The summed E-state index contributed by atoms with van der Waals surface area (Å²) in [5.41, 5.74) is 0. The predicted molar refractivity (Wildman–Crippen MR) is 37.1 cm³/mol. The first-order valence-corrected chi connectivity index (χ1v) is 3.10. The topological polar surface area (TPSA) is 42.4 Å². The Balaban J connectivity index is 2.81. The SMILES string of the molecule is CCOc1ccncc1O. The zero-order valence-electron chi connectivity index (χ0n) is 5.74. The summed E-state index contributed by atoms with van der Waals surface area (Å²) in [5, 5.41) is 9.05. The summed E-state index contributed by atoms with van der Waals surface area (Å²) < 4.78 is 5.05. The molecular weight excluding hydrogens is 130 g/mol. The van der Waals surface area contributed by atoms with Crippen LogP contribution in [0.5, 0.6) is 11.5 Å². The first kappa shape index (κ1) is 6.86. The van der Waals surface area contributed by atoms with E-state index in [9.17, 15) is 0 Å². The molecule has 0 aliphatic rings. The Hall–Kier alpha value is -1.25. The first-order chi connectivity index (χ1) is 4.84. The smallest absolute Gasteiger partial charge is 0.176 e. The molecule has 3 nitrogen and oxygen atoms in total. The summed E-state index contributed by atoms with van der Waals surface area (Å²) in [6.45, 7) is 2.41. The number of aromatic nitrogens is 1. The second-order valence-electron chi connectivity index (χ2n) is 1.78. The highest BCUT2D eigenvalue weighted by Crippen LogP contribution is 2.22. The molecule has 0 amide bonds. The number of rotatable bonds is 2. The van der Waals surface area contributed by atoms with Crippen LogP contribution in [-0.4, -0.2) is 16.7 Å². The summed E-state index contributed by atoms with van der Waals surface area (Å²) in [5.74, 6) is 0.571. The van der Waals surface area contributed by atoms with Gasteiger partial charge in [-0.2, -0.15) is 0 Å². The lowest BCUT2D eigenvalue weighted by atomic mass is 10.4. The summed E-state index contributed by atoms with van der Waals surface area (Å²) in [7, 11) is 0. The summed E-state index contributed by atoms with van der Waals surface area (Å²) in [6, 6.07) is 1.62. The van der Waals surface area contributed by atoms with Crippen molar-refractivity contribution in [3.63, 3.8) is 0 Å². The fraction of sp³-hybridized carbons (Fsp3) is 0.286. The van der Waals surface area contributed by atoms with Gasteiger partial charge in [0.15, 0.2) is 11.5 Å². The molecule has 3 heteroatoms. The first-order valence-electron chi connectivity index (χ1n) is 3.10. The Morgan fingerprint density at radius 1 is 1.70 bits per heavy atom. The molecule has 54 valence electrons. The fourth-order valence-electron chi connectivity index (χ4n) is 0.651. The van der Waals surface area contributed by atoms with Crippen molar-refractivity contribution in [1.82, 2.24) is 4.98 Å². The molecule has 0 unspecified atom stereocenters. The normalized spacial score (nSPS) is 9.30. The van der Waals surface area contributed by atoms with Crippen molar-refractivity contribution in [2.75, 3.05) is 6.61 Å². The number of ether oxygens (including phenoxy) is 1. The quantitative estimate of drug-likeness (QED) is 0.669. The number of pyridine rings is 1. The lowest BCUT2D eigenvalue weighted by molar-refractivity contribution is 0.317. The molecule has 1 aromatic rings. The van der Waals surface area contributed by atoms with Crippen molar-refractivity contribution in [2.45, 2.75) is 6.92 Å². The Labute approximate surface area is 59.3 Å². The van der Waals surface area contributed by atoms with Crippen molar-refractivity contribution in [1.29, 1.82) is 0 Å². The van der Waals surface area contributed by atoms with E-state index in [4.69, 9.17) is 9.84 Å². The molecule has 0 saturated carbocycles. The maximum absolute atomic E-state index is 9.05. The van der Waals surface area contributed by atoms with Crippen LogP contribution in [0.4, 0.5) is 0 Å². The third-order valence-electron chi connectivity index (χ3n) is 1.06. The van der Waals surface area contributed by atoms with Crippen LogP contribution in [0.1, 0.15) is 6.92 Å². The third kappa shape index (κ3) is 1.37. The van der Waals surface area contributed by atoms with E-state index in [1.807, 2.05) is 6.92 Å². The van der Waals surface area contributed by atoms with Crippen molar-refractivity contribution < 1.29 is 9.84 Å². The molecule has 0 spiro atoms. The number of aromatic hydroxyl groups is 1. The molecule has 0 fully saturated rings. The summed E-state index contributed by atoms with van der Waals surface area (Å²) in [4.78, 5) is 3.70. The van der Waals surface area contributed by atoms with Gasteiger partial charge in [0.2, 0.25) is 0 Å². The van der Waals surface area contributed by atoms with Crippen LogP contribution in [0.2, 0.25) is 0 Å². The summed E-state index contributed by atoms with van der Waals surface area (Å²) >= 11 is 0. The maximum Gasteiger partial charge on any atom is 0.176 e. The monoisotopic (exact) mass is 139 g/mol. The Morgan fingerprint density at radius 2 is 2.50 bits per heavy atom. The standard InChI is InChI=1S/C7H9NO2/c1-2-10-7-3-4-8-5-6(7)9/h3-5,9H,2H2,1H3. The molecule has 1 rings (SSSR count). The van der Waals surface area contributed by atoms with Crippen molar-refractivity contribution in [3.05, 3.63) is 18.5 Å². The average molecular weight is 139 g/mol. The molecule has 0 aliphatic carbocycles. The largest absolute Gasteiger partial charge is 0.503 e. The van der Waals surface area contributed by atoms with E-state index in [0.717, 1.165) is 0 Å². The van der Waals surface area contributed by atoms with Crippen molar-refractivity contribution in [2.24, 2.45) is 0 Å². The Bertz CT molecular complexity index is 213. The Morgan fingerprint density at radius 3 is 3.10 bits per heavy atom. The van der Waals surface area contributed by atoms with Gasteiger partial charge in [0.25, 0.3) is 0 Å². The van der Waals surface area contributed by atoms with Crippen LogP contribution in [0.25, 0.3) is 0 Å². The minimum absolute atomic E-state index is 0.0874. The van der Waals surface area contributed by atoms with Crippen LogP contribution in [0.3, 0.4) is 0 Å². The van der Waals surface area contributed by atoms with Crippen molar-refractivity contribution >= 4 is 0 Å². The van der Waals surface area contributed by atoms with Gasteiger partial charge < -0.3 is 9.84 Å². The van der Waals surface area contributed by atoms with Crippen LogP contribution in [0, 0.1) is 0 Å². The highest BCUT2D eigenvalue weighted by atomic mass is 16.5. The molecule has 0 aromatic carbocycles. The van der Waals surface area contributed by atoms with E-state index in [-0.39, 0.29) is 5.75 Å². The molecule has 10 heavy (non-hydrogen) atoms. The highest BCUT2D eigenvalue weighted by molar-refractivity contribution is 5.34. The van der Waals surface area contributed by atoms with Crippen molar-refractivity contribution in [3.8, 4) is 11.5 Å². The molecule has 0 saturated heterocycles. The van der Waals surface area contributed by atoms with Gasteiger partial charge in [-0.05, 0) is 6.92 Å². The van der Waals surface area contributed by atoms with E-state index < -0.39 is 0 Å².